The van der Waals surface area contributed by atoms with Crippen molar-refractivity contribution in [3.05, 3.63) is 23.8 Å². The van der Waals surface area contributed by atoms with Crippen LogP contribution in [0.3, 0.4) is 0 Å². The fourth-order valence-corrected chi connectivity index (χ4v) is 3.06. The van der Waals surface area contributed by atoms with Crippen LogP contribution in [-0.2, 0) is 11.2 Å². The van der Waals surface area contributed by atoms with E-state index >= 15 is 0 Å². The van der Waals surface area contributed by atoms with Gasteiger partial charge in [0.15, 0.2) is 11.5 Å². The van der Waals surface area contributed by atoms with Crippen molar-refractivity contribution in [1.29, 1.82) is 0 Å². The molecule has 0 spiro atoms. The maximum atomic E-state index is 12.1. The van der Waals surface area contributed by atoms with Crippen LogP contribution >= 0.6 is 0 Å². The maximum absolute atomic E-state index is 12.1. The van der Waals surface area contributed by atoms with Gasteiger partial charge < -0.3 is 9.47 Å². The zero-order chi connectivity index (χ0) is 14.5. The summed E-state index contributed by atoms with van der Waals surface area (Å²) in [6, 6.07) is 5.94. The number of methoxy groups -OCH3 is 2. The normalized spacial score (nSPS) is 22.6. The van der Waals surface area contributed by atoms with Crippen LogP contribution in [-0.4, -0.2) is 20.0 Å². The highest BCUT2D eigenvalue weighted by atomic mass is 16.5. The van der Waals surface area contributed by atoms with E-state index in [4.69, 9.17) is 9.47 Å². The quantitative estimate of drug-likeness (QED) is 0.823. The third-order valence-corrected chi connectivity index (χ3v) is 4.38. The number of Topliss-reactive ketones (excluding diaryl/α,β-unsaturated/α-hetero) is 1. The van der Waals surface area contributed by atoms with Gasteiger partial charge in [0.05, 0.1) is 14.2 Å². The molecule has 110 valence electrons. The molecule has 1 aromatic carbocycles. The fraction of sp³-hybridized carbons (Fsp3) is 0.588. The van der Waals surface area contributed by atoms with Crippen LogP contribution in [0.25, 0.3) is 0 Å². The van der Waals surface area contributed by atoms with Crippen LogP contribution in [0.4, 0.5) is 0 Å². The van der Waals surface area contributed by atoms with Crippen molar-refractivity contribution in [1.82, 2.24) is 0 Å². The summed E-state index contributed by atoms with van der Waals surface area (Å²) in [5.41, 5.74) is 1.15. The molecule has 0 radical (unpaired) electrons. The highest BCUT2D eigenvalue weighted by molar-refractivity contribution is 5.82. The summed E-state index contributed by atoms with van der Waals surface area (Å²) in [6.07, 6.45) is 4.84. The number of ether oxygens (including phenoxy) is 2. The molecular weight excluding hydrogens is 252 g/mol. The molecule has 1 aliphatic carbocycles. The highest BCUT2D eigenvalue weighted by Crippen LogP contribution is 2.33. The second-order valence-electron chi connectivity index (χ2n) is 5.61. The van der Waals surface area contributed by atoms with E-state index in [0.717, 1.165) is 42.7 Å². The number of carbonyl (C=O) groups is 1. The Balaban J connectivity index is 2.10. The van der Waals surface area contributed by atoms with Gasteiger partial charge in [-0.15, -0.1) is 0 Å². The van der Waals surface area contributed by atoms with Crippen LogP contribution in [0.2, 0.25) is 0 Å². The van der Waals surface area contributed by atoms with Crippen molar-refractivity contribution in [3.63, 3.8) is 0 Å². The highest BCUT2D eigenvalue weighted by Gasteiger charge is 2.27. The van der Waals surface area contributed by atoms with Crippen LogP contribution < -0.4 is 9.47 Å². The molecule has 1 aromatic rings. The molecule has 0 amide bonds. The average molecular weight is 276 g/mol. The fourth-order valence-electron chi connectivity index (χ4n) is 3.06. The van der Waals surface area contributed by atoms with Crippen molar-refractivity contribution in [2.75, 3.05) is 14.2 Å². The Bertz CT molecular complexity index is 467. The summed E-state index contributed by atoms with van der Waals surface area (Å²) in [6.45, 7) is 2.22. The third-order valence-electron chi connectivity index (χ3n) is 4.38. The summed E-state index contributed by atoms with van der Waals surface area (Å²) < 4.78 is 10.6. The molecule has 3 nitrogen and oxygen atoms in total. The predicted octanol–water partition coefficient (Wildman–Crippen LogP) is 3.64. The van der Waals surface area contributed by atoms with Crippen molar-refractivity contribution >= 4 is 5.78 Å². The van der Waals surface area contributed by atoms with Crippen LogP contribution in [0.15, 0.2) is 18.2 Å². The van der Waals surface area contributed by atoms with Crippen molar-refractivity contribution in [2.45, 2.75) is 39.0 Å². The summed E-state index contributed by atoms with van der Waals surface area (Å²) in [5.74, 6) is 2.77. The molecule has 0 saturated heterocycles. The Labute approximate surface area is 121 Å². The van der Waals surface area contributed by atoms with Gasteiger partial charge in [-0.25, -0.2) is 0 Å². The van der Waals surface area contributed by atoms with Gasteiger partial charge in [0.2, 0.25) is 0 Å². The zero-order valence-electron chi connectivity index (χ0n) is 12.6. The van der Waals surface area contributed by atoms with Crippen LogP contribution in [0.5, 0.6) is 11.5 Å². The molecule has 1 fully saturated rings. The minimum atomic E-state index is 0.173. The monoisotopic (exact) mass is 276 g/mol. The predicted molar refractivity (Wildman–Crippen MR) is 79.4 cm³/mol. The van der Waals surface area contributed by atoms with Crippen LogP contribution in [0.1, 0.15) is 38.2 Å². The Hall–Kier alpha value is -1.51. The molecule has 0 aliphatic heterocycles. The number of carbonyl (C=O) groups excluding carboxylic acids is 1. The standard InChI is InChI=1S/C17H24O3/c1-4-12-5-7-15(18)14(9-12)10-13-6-8-16(19-2)17(11-13)20-3/h6,8,11-12,14H,4-5,7,9-10H2,1-3H3. The lowest BCUT2D eigenvalue weighted by molar-refractivity contribution is -0.125. The Morgan fingerprint density at radius 3 is 2.60 bits per heavy atom. The number of hydrogen-bond acceptors (Lipinski definition) is 3. The molecule has 3 heteroatoms. The molecule has 1 aliphatic rings. The molecule has 20 heavy (non-hydrogen) atoms. The Morgan fingerprint density at radius 1 is 1.20 bits per heavy atom. The first-order chi connectivity index (χ1) is 9.67. The van der Waals surface area contributed by atoms with Crippen LogP contribution in [0, 0.1) is 11.8 Å². The van der Waals surface area contributed by atoms with E-state index in [2.05, 4.69) is 6.92 Å². The van der Waals surface area contributed by atoms with Gasteiger partial charge in [-0.3, -0.25) is 4.79 Å². The smallest absolute Gasteiger partial charge is 0.160 e. The molecule has 2 unspecified atom stereocenters. The van der Waals surface area contributed by atoms with Gasteiger partial charge in [-0.2, -0.15) is 0 Å². The molecule has 0 bridgehead atoms. The summed E-state index contributed by atoms with van der Waals surface area (Å²) in [7, 11) is 3.27. The molecule has 0 N–H and O–H groups in total. The minimum absolute atomic E-state index is 0.173. The zero-order valence-corrected chi connectivity index (χ0v) is 12.6. The SMILES string of the molecule is CCC1CCC(=O)C(Cc2ccc(OC)c(OC)c2)C1. The number of hydrogen-bond donors (Lipinski definition) is 0. The van der Waals surface area contributed by atoms with E-state index in [9.17, 15) is 4.79 Å². The number of benzene rings is 1. The molecule has 1 saturated carbocycles. The average Bonchev–Trinajstić information content (AvgIpc) is 2.49. The Kier molecular flexibility index (Phi) is 5.05. The third kappa shape index (κ3) is 3.33. The summed E-state index contributed by atoms with van der Waals surface area (Å²) in [4.78, 5) is 12.1. The van der Waals surface area contributed by atoms with Gasteiger partial charge in [0, 0.05) is 12.3 Å². The molecule has 0 heterocycles. The van der Waals surface area contributed by atoms with Crippen molar-refractivity contribution in [2.24, 2.45) is 11.8 Å². The lowest BCUT2D eigenvalue weighted by atomic mass is 9.77. The van der Waals surface area contributed by atoms with Gasteiger partial charge >= 0.3 is 0 Å². The van der Waals surface area contributed by atoms with Crippen molar-refractivity contribution < 1.29 is 14.3 Å². The van der Waals surface area contributed by atoms with E-state index in [1.54, 1.807) is 14.2 Å². The molecular formula is C17H24O3. The minimum Gasteiger partial charge on any atom is -0.493 e. The van der Waals surface area contributed by atoms with E-state index < -0.39 is 0 Å². The lowest BCUT2D eigenvalue weighted by Gasteiger charge is -2.27. The second-order valence-corrected chi connectivity index (χ2v) is 5.61. The maximum Gasteiger partial charge on any atom is 0.160 e. The summed E-state index contributed by atoms with van der Waals surface area (Å²) in [5, 5.41) is 0. The first-order valence-corrected chi connectivity index (χ1v) is 7.41. The van der Waals surface area contributed by atoms with E-state index in [1.165, 1.54) is 6.42 Å². The van der Waals surface area contributed by atoms with Crippen molar-refractivity contribution in [3.8, 4) is 11.5 Å². The van der Waals surface area contributed by atoms with E-state index in [0.29, 0.717) is 11.7 Å². The molecule has 0 aromatic heterocycles. The van der Waals surface area contributed by atoms with Gasteiger partial charge in [-0.1, -0.05) is 19.4 Å². The largest absolute Gasteiger partial charge is 0.493 e. The second kappa shape index (κ2) is 6.78. The van der Waals surface area contributed by atoms with E-state index in [-0.39, 0.29) is 5.92 Å². The first kappa shape index (κ1) is 14.9. The molecule has 2 rings (SSSR count). The first-order valence-electron chi connectivity index (χ1n) is 7.41. The lowest BCUT2D eigenvalue weighted by Crippen LogP contribution is -2.26. The topological polar surface area (TPSA) is 35.5 Å². The molecule has 2 atom stereocenters. The van der Waals surface area contributed by atoms with Gasteiger partial charge in [-0.05, 0) is 42.9 Å². The van der Waals surface area contributed by atoms with Gasteiger partial charge in [0.1, 0.15) is 5.78 Å². The Morgan fingerprint density at radius 2 is 1.95 bits per heavy atom. The van der Waals surface area contributed by atoms with E-state index in [1.807, 2.05) is 18.2 Å². The number of ketones is 1. The summed E-state index contributed by atoms with van der Waals surface area (Å²) >= 11 is 0. The van der Waals surface area contributed by atoms with Gasteiger partial charge in [0.25, 0.3) is 0 Å². The number of rotatable bonds is 5.